The number of thioether (sulfide) groups is 1. The minimum atomic E-state index is -0.189. The number of halogens is 1. The Kier molecular flexibility index (Phi) is 5.87. The number of anilines is 2. The van der Waals surface area contributed by atoms with Crippen LogP contribution in [-0.2, 0) is 4.79 Å². The van der Waals surface area contributed by atoms with E-state index < -0.39 is 0 Å². The zero-order chi connectivity index (χ0) is 19.5. The molecule has 0 spiro atoms. The summed E-state index contributed by atoms with van der Waals surface area (Å²) in [4.78, 5) is 20.4. The summed E-state index contributed by atoms with van der Waals surface area (Å²) >= 11 is 1.71. The molecule has 1 saturated heterocycles. The molecule has 4 nitrogen and oxygen atoms in total. The van der Waals surface area contributed by atoms with Crippen LogP contribution in [0.3, 0.4) is 0 Å². The van der Waals surface area contributed by atoms with Crippen molar-refractivity contribution in [1.29, 1.82) is 0 Å². The van der Waals surface area contributed by atoms with Gasteiger partial charge < -0.3 is 9.80 Å². The lowest BCUT2D eigenvalue weighted by Crippen LogP contribution is -2.46. The highest BCUT2D eigenvalue weighted by Crippen LogP contribution is 2.39. The van der Waals surface area contributed by atoms with Gasteiger partial charge in [0.15, 0.2) is 0 Å². The van der Waals surface area contributed by atoms with Crippen LogP contribution in [0.5, 0.6) is 0 Å². The molecule has 1 fully saturated rings. The minimum absolute atomic E-state index is 0.0143. The third kappa shape index (κ3) is 4.18. The van der Waals surface area contributed by atoms with Crippen LogP contribution >= 0.6 is 11.8 Å². The molecule has 0 aliphatic carbocycles. The Morgan fingerprint density at radius 3 is 2.50 bits per heavy atom. The second kappa shape index (κ2) is 8.53. The van der Waals surface area contributed by atoms with E-state index in [0.717, 1.165) is 56.9 Å². The van der Waals surface area contributed by atoms with Gasteiger partial charge in [-0.25, -0.2) is 4.39 Å². The van der Waals surface area contributed by atoms with Gasteiger partial charge in [-0.1, -0.05) is 12.1 Å². The SMILES string of the molecule is CN1C(=O)C(CCCN2CCN(c3ccc(F)cc3)CC2)Sc2ccccc21. The molecular formula is C22H26FN3OS. The number of hydrogen-bond donors (Lipinski definition) is 0. The predicted molar refractivity (Wildman–Crippen MR) is 114 cm³/mol. The lowest BCUT2D eigenvalue weighted by molar-refractivity contribution is -0.118. The predicted octanol–water partition coefficient (Wildman–Crippen LogP) is 3.87. The number of para-hydroxylation sites is 1. The number of nitrogens with zero attached hydrogens (tertiary/aromatic N) is 3. The largest absolute Gasteiger partial charge is 0.369 e. The third-order valence-corrected chi connectivity index (χ3v) is 6.93. The van der Waals surface area contributed by atoms with E-state index in [-0.39, 0.29) is 17.0 Å². The maximum atomic E-state index is 13.1. The fourth-order valence-corrected chi connectivity index (χ4v) is 5.27. The standard InChI is InChI=1S/C22H26FN3OS/c1-24-19-5-2-3-6-20(19)28-21(22(24)27)7-4-12-25-13-15-26(16-14-25)18-10-8-17(23)9-11-18/h2-3,5-6,8-11,21H,4,7,12-16H2,1H3. The van der Waals surface area contributed by atoms with Crippen molar-refractivity contribution < 1.29 is 9.18 Å². The van der Waals surface area contributed by atoms with Crippen molar-refractivity contribution in [3.8, 4) is 0 Å². The van der Waals surface area contributed by atoms with Crippen molar-refractivity contribution in [1.82, 2.24) is 4.90 Å². The first-order chi connectivity index (χ1) is 13.6. The molecule has 6 heteroatoms. The molecule has 148 valence electrons. The molecule has 0 radical (unpaired) electrons. The first-order valence-corrected chi connectivity index (χ1v) is 10.8. The average Bonchev–Trinajstić information content (AvgIpc) is 2.73. The van der Waals surface area contributed by atoms with Crippen LogP contribution < -0.4 is 9.80 Å². The van der Waals surface area contributed by atoms with E-state index in [0.29, 0.717) is 0 Å². The molecule has 0 N–H and O–H groups in total. The summed E-state index contributed by atoms with van der Waals surface area (Å²) in [6.07, 6.45) is 1.93. The van der Waals surface area contributed by atoms with Crippen molar-refractivity contribution >= 4 is 29.0 Å². The van der Waals surface area contributed by atoms with Crippen molar-refractivity contribution in [3.63, 3.8) is 0 Å². The smallest absolute Gasteiger partial charge is 0.240 e. The molecule has 4 rings (SSSR count). The van der Waals surface area contributed by atoms with Crippen LogP contribution in [0.15, 0.2) is 53.4 Å². The van der Waals surface area contributed by atoms with E-state index in [9.17, 15) is 9.18 Å². The normalized spacial score (nSPS) is 20.4. The highest BCUT2D eigenvalue weighted by Gasteiger charge is 2.30. The van der Waals surface area contributed by atoms with Crippen LogP contribution in [0.25, 0.3) is 0 Å². The van der Waals surface area contributed by atoms with Gasteiger partial charge >= 0.3 is 0 Å². The summed E-state index contributed by atoms with van der Waals surface area (Å²) in [6, 6.07) is 14.9. The van der Waals surface area contributed by atoms with Gasteiger partial charge in [0.05, 0.1) is 10.9 Å². The number of fused-ring (bicyclic) bond motifs is 1. The van der Waals surface area contributed by atoms with Gasteiger partial charge in [0.1, 0.15) is 5.82 Å². The summed E-state index contributed by atoms with van der Waals surface area (Å²) in [5, 5.41) is 0.0143. The Morgan fingerprint density at radius 1 is 1.04 bits per heavy atom. The maximum absolute atomic E-state index is 13.1. The number of benzene rings is 2. The molecule has 28 heavy (non-hydrogen) atoms. The van der Waals surface area contributed by atoms with Crippen molar-refractivity contribution in [2.75, 3.05) is 49.6 Å². The Bertz CT molecular complexity index is 821. The fourth-order valence-electron chi connectivity index (χ4n) is 3.94. The molecular weight excluding hydrogens is 373 g/mol. The molecule has 2 aromatic rings. The van der Waals surface area contributed by atoms with Gasteiger partial charge in [-0.2, -0.15) is 0 Å². The Morgan fingerprint density at radius 2 is 1.75 bits per heavy atom. The van der Waals surface area contributed by atoms with Crippen LogP contribution in [0.1, 0.15) is 12.8 Å². The molecule has 2 heterocycles. The number of hydrogen-bond acceptors (Lipinski definition) is 4. The van der Waals surface area contributed by atoms with E-state index in [1.165, 1.54) is 17.0 Å². The van der Waals surface area contributed by atoms with Gasteiger partial charge in [-0.3, -0.25) is 9.69 Å². The molecule has 0 saturated carbocycles. The van der Waals surface area contributed by atoms with Crippen molar-refractivity contribution in [3.05, 3.63) is 54.3 Å². The first-order valence-electron chi connectivity index (χ1n) is 9.88. The number of carbonyl (C=O) groups is 1. The summed E-state index contributed by atoms with van der Waals surface area (Å²) < 4.78 is 13.1. The van der Waals surface area contributed by atoms with Crippen LogP contribution in [-0.4, -0.2) is 55.8 Å². The second-order valence-electron chi connectivity index (χ2n) is 7.42. The molecule has 1 atom stereocenters. The van der Waals surface area contributed by atoms with E-state index in [1.807, 2.05) is 37.4 Å². The zero-order valence-electron chi connectivity index (χ0n) is 16.2. The highest BCUT2D eigenvalue weighted by atomic mass is 32.2. The number of amides is 1. The minimum Gasteiger partial charge on any atom is -0.369 e. The molecule has 0 aromatic heterocycles. The lowest BCUT2D eigenvalue weighted by Gasteiger charge is -2.36. The Hall–Kier alpha value is -2.05. The number of carbonyl (C=O) groups excluding carboxylic acids is 1. The van der Waals surface area contributed by atoms with Crippen molar-refractivity contribution in [2.45, 2.75) is 23.0 Å². The first kappa shape index (κ1) is 19.3. The van der Waals surface area contributed by atoms with E-state index >= 15 is 0 Å². The summed E-state index contributed by atoms with van der Waals surface area (Å²) in [5.74, 6) is 0.0237. The molecule has 1 amide bonds. The van der Waals surface area contributed by atoms with Gasteiger partial charge in [0.25, 0.3) is 0 Å². The van der Waals surface area contributed by atoms with E-state index in [4.69, 9.17) is 0 Å². The quantitative estimate of drug-likeness (QED) is 0.763. The Labute approximate surface area is 170 Å². The molecule has 2 aromatic carbocycles. The molecule has 2 aliphatic heterocycles. The van der Waals surface area contributed by atoms with Crippen LogP contribution in [0, 0.1) is 5.82 Å². The number of rotatable bonds is 5. The lowest BCUT2D eigenvalue weighted by atomic mass is 10.1. The topological polar surface area (TPSA) is 26.8 Å². The van der Waals surface area contributed by atoms with Gasteiger partial charge in [0.2, 0.25) is 5.91 Å². The molecule has 2 aliphatic rings. The third-order valence-electron chi connectivity index (χ3n) is 5.61. The molecule has 0 bridgehead atoms. The van der Waals surface area contributed by atoms with Crippen LogP contribution in [0.2, 0.25) is 0 Å². The average molecular weight is 400 g/mol. The van der Waals surface area contributed by atoms with Crippen LogP contribution in [0.4, 0.5) is 15.8 Å². The highest BCUT2D eigenvalue weighted by molar-refractivity contribution is 8.01. The summed E-state index contributed by atoms with van der Waals surface area (Å²) in [5.41, 5.74) is 2.11. The van der Waals surface area contributed by atoms with Gasteiger partial charge in [-0.05, 0) is 55.8 Å². The molecule has 1 unspecified atom stereocenters. The zero-order valence-corrected chi connectivity index (χ0v) is 17.0. The fraction of sp³-hybridized carbons (Fsp3) is 0.409. The summed E-state index contributed by atoms with van der Waals surface area (Å²) in [6.45, 7) is 4.95. The van der Waals surface area contributed by atoms with E-state index in [2.05, 4.69) is 15.9 Å². The van der Waals surface area contributed by atoms with Gasteiger partial charge in [0, 0.05) is 43.8 Å². The van der Waals surface area contributed by atoms with E-state index in [1.54, 1.807) is 16.7 Å². The van der Waals surface area contributed by atoms with Gasteiger partial charge in [-0.15, -0.1) is 11.8 Å². The Balaban J connectivity index is 1.24. The van der Waals surface area contributed by atoms with Crippen molar-refractivity contribution in [2.24, 2.45) is 0 Å². The second-order valence-corrected chi connectivity index (χ2v) is 8.66. The monoisotopic (exact) mass is 399 g/mol. The number of piperazine rings is 1. The maximum Gasteiger partial charge on any atom is 0.240 e. The summed E-state index contributed by atoms with van der Waals surface area (Å²) in [7, 11) is 1.88.